The largest absolute Gasteiger partial charge is 0.329 e. The lowest BCUT2D eigenvalue weighted by Crippen LogP contribution is -2.55. The lowest BCUT2D eigenvalue weighted by atomic mass is 9.84. The molecule has 27 heavy (non-hydrogen) atoms. The van der Waals surface area contributed by atoms with Gasteiger partial charge in [-0.15, -0.1) is 0 Å². The van der Waals surface area contributed by atoms with Crippen molar-refractivity contribution in [3.63, 3.8) is 0 Å². The van der Waals surface area contributed by atoms with Gasteiger partial charge in [0.2, 0.25) is 0 Å². The first-order valence-corrected chi connectivity index (χ1v) is 9.56. The number of aliphatic imine (C=N–C) groups is 1. The Labute approximate surface area is 158 Å². The maximum absolute atomic E-state index is 15.0. The second-order valence-corrected chi connectivity index (χ2v) is 8.01. The number of amides is 1. The van der Waals surface area contributed by atoms with Crippen LogP contribution in [0.4, 0.5) is 4.39 Å². The van der Waals surface area contributed by atoms with Gasteiger partial charge >= 0.3 is 0 Å². The van der Waals surface area contributed by atoms with Gasteiger partial charge in [0.1, 0.15) is 5.66 Å². The van der Waals surface area contributed by atoms with E-state index in [2.05, 4.69) is 21.5 Å². The summed E-state index contributed by atoms with van der Waals surface area (Å²) < 4.78 is 16.8. The van der Waals surface area contributed by atoms with Gasteiger partial charge in [-0.25, -0.2) is 4.39 Å². The molecule has 4 rings (SSSR count). The number of carbonyl (C=O) groups is 1. The molecule has 1 N–H and O–H groups in total. The molecule has 1 fully saturated rings. The van der Waals surface area contributed by atoms with Crippen molar-refractivity contribution in [1.82, 2.24) is 15.1 Å². The standard InChI is InChI=1S/C21H25FN4O/c1-20(25-19(27)21(22)8-4-3-5-9-21)11-17-10-15(6-7-16(17)12-23-20)18-13-24-26(2)14-18/h6-7,10,12-14H,3-5,8-9,11H2,1-2H3,(H,25,27). The van der Waals surface area contributed by atoms with Crippen LogP contribution in [0.5, 0.6) is 0 Å². The van der Waals surface area contributed by atoms with Gasteiger partial charge in [0.05, 0.1) is 6.20 Å². The van der Waals surface area contributed by atoms with Gasteiger partial charge in [-0.3, -0.25) is 14.5 Å². The molecule has 2 aromatic rings. The number of carbonyl (C=O) groups excluding carboxylic acids is 1. The Kier molecular flexibility index (Phi) is 4.36. The predicted molar refractivity (Wildman–Crippen MR) is 103 cm³/mol. The summed E-state index contributed by atoms with van der Waals surface area (Å²) in [6.07, 6.45) is 9.25. The molecule has 2 aliphatic rings. The molecule has 0 spiro atoms. The van der Waals surface area contributed by atoms with Crippen molar-refractivity contribution in [2.75, 3.05) is 0 Å². The summed E-state index contributed by atoms with van der Waals surface area (Å²) in [6, 6.07) is 6.18. The molecule has 0 saturated heterocycles. The van der Waals surface area contributed by atoms with E-state index in [-0.39, 0.29) is 0 Å². The number of benzene rings is 1. The zero-order valence-corrected chi connectivity index (χ0v) is 15.8. The number of aryl methyl sites for hydroxylation is 1. The summed E-state index contributed by atoms with van der Waals surface area (Å²) >= 11 is 0. The molecule has 1 aliphatic carbocycles. The smallest absolute Gasteiger partial charge is 0.259 e. The quantitative estimate of drug-likeness (QED) is 0.900. The Hall–Kier alpha value is -2.50. The van der Waals surface area contributed by atoms with Crippen LogP contribution < -0.4 is 5.32 Å². The van der Waals surface area contributed by atoms with Crippen LogP contribution in [0.3, 0.4) is 0 Å². The molecular formula is C21H25FN4O. The fourth-order valence-electron chi connectivity index (χ4n) is 4.04. The maximum Gasteiger partial charge on any atom is 0.259 e. The Morgan fingerprint density at radius 1 is 1.22 bits per heavy atom. The van der Waals surface area contributed by atoms with Crippen LogP contribution in [0, 0.1) is 0 Å². The summed E-state index contributed by atoms with van der Waals surface area (Å²) in [5, 5.41) is 7.11. The number of hydrogen-bond acceptors (Lipinski definition) is 3. The van der Waals surface area contributed by atoms with E-state index >= 15 is 4.39 Å². The number of alkyl halides is 1. The molecule has 1 aromatic carbocycles. The lowest BCUT2D eigenvalue weighted by molar-refractivity contribution is -0.136. The molecule has 0 bridgehead atoms. The number of hydrogen-bond donors (Lipinski definition) is 1. The zero-order valence-electron chi connectivity index (χ0n) is 15.8. The number of halogens is 1. The molecule has 1 amide bonds. The van der Waals surface area contributed by atoms with E-state index < -0.39 is 17.2 Å². The first kappa shape index (κ1) is 17.9. The van der Waals surface area contributed by atoms with Crippen LogP contribution in [0.15, 0.2) is 35.6 Å². The highest BCUT2D eigenvalue weighted by molar-refractivity contribution is 5.88. The van der Waals surface area contributed by atoms with E-state index in [9.17, 15) is 4.79 Å². The first-order valence-electron chi connectivity index (χ1n) is 9.56. The van der Waals surface area contributed by atoms with Gasteiger partial charge < -0.3 is 5.32 Å². The number of nitrogens with one attached hydrogen (secondary N) is 1. The number of nitrogens with zero attached hydrogens (tertiary/aromatic N) is 3. The summed E-state index contributed by atoms with van der Waals surface area (Å²) in [6.45, 7) is 1.85. The molecule has 6 heteroatoms. The molecule has 1 saturated carbocycles. The zero-order chi connectivity index (χ0) is 19.1. The third-order valence-corrected chi connectivity index (χ3v) is 5.64. The molecule has 142 valence electrons. The van der Waals surface area contributed by atoms with Crippen molar-refractivity contribution in [2.45, 2.75) is 56.8 Å². The van der Waals surface area contributed by atoms with Crippen LogP contribution >= 0.6 is 0 Å². The maximum atomic E-state index is 15.0. The second kappa shape index (κ2) is 6.59. The summed E-state index contributed by atoms with van der Waals surface area (Å²) in [5.74, 6) is -0.520. The Bertz CT molecular complexity index is 897. The van der Waals surface area contributed by atoms with E-state index in [0.29, 0.717) is 19.3 Å². The van der Waals surface area contributed by atoms with Crippen LogP contribution in [0.1, 0.15) is 50.2 Å². The molecular weight excluding hydrogens is 343 g/mol. The van der Waals surface area contributed by atoms with E-state index in [0.717, 1.165) is 41.5 Å². The van der Waals surface area contributed by atoms with E-state index in [4.69, 9.17) is 0 Å². The van der Waals surface area contributed by atoms with E-state index in [1.54, 1.807) is 10.9 Å². The van der Waals surface area contributed by atoms with Crippen LogP contribution in [0.25, 0.3) is 11.1 Å². The molecule has 0 radical (unpaired) electrons. The van der Waals surface area contributed by atoms with Crippen LogP contribution in [-0.4, -0.2) is 33.2 Å². The monoisotopic (exact) mass is 368 g/mol. The van der Waals surface area contributed by atoms with Crippen molar-refractivity contribution >= 4 is 12.1 Å². The van der Waals surface area contributed by atoms with Crippen molar-refractivity contribution < 1.29 is 9.18 Å². The lowest BCUT2D eigenvalue weighted by Gasteiger charge is -2.35. The highest BCUT2D eigenvalue weighted by Gasteiger charge is 2.42. The summed E-state index contributed by atoms with van der Waals surface area (Å²) in [7, 11) is 1.89. The van der Waals surface area contributed by atoms with Crippen molar-refractivity contribution in [2.24, 2.45) is 12.0 Å². The third kappa shape index (κ3) is 3.53. The van der Waals surface area contributed by atoms with E-state index in [1.807, 2.05) is 38.5 Å². The SMILES string of the molecule is Cn1cc(-c2ccc3c(c2)CC(C)(NC(=O)C2(F)CCCCC2)N=C3)cn1. The van der Waals surface area contributed by atoms with Crippen LogP contribution in [0.2, 0.25) is 0 Å². The van der Waals surface area contributed by atoms with Gasteiger partial charge in [-0.05, 0) is 49.3 Å². The fraction of sp³-hybridized carbons (Fsp3) is 0.476. The average molecular weight is 368 g/mol. The highest BCUT2D eigenvalue weighted by Crippen LogP contribution is 2.34. The molecule has 1 unspecified atom stereocenters. The topological polar surface area (TPSA) is 59.3 Å². The number of fused-ring (bicyclic) bond motifs is 1. The minimum absolute atomic E-state index is 0.306. The Balaban J connectivity index is 1.55. The molecule has 1 atom stereocenters. The second-order valence-electron chi connectivity index (χ2n) is 8.01. The van der Waals surface area contributed by atoms with E-state index in [1.165, 1.54) is 0 Å². The number of rotatable bonds is 3. The highest BCUT2D eigenvalue weighted by atomic mass is 19.1. The Morgan fingerprint density at radius 2 is 2.00 bits per heavy atom. The Morgan fingerprint density at radius 3 is 2.70 bits per heavy atom. The van der Waals surface area contributed by atoms with Gasteiger partial charge in [0.15, 0.2) is 5.67 Å². The molecule has 1 aromatic heterocycles. The average Bonchev–Trinajstić information content (AvgIpc) is 3.08. The molecule has 1 aliphatic heterocycles. The normalized spacial score (nSPS) is 23.7. The van der Waals surface area contributed by atoms with Crippen molar-refractivity contribution in [3.8, 4) is 11.1 Å². The minimum atomic E-state index is -1.76. The van der Waals surface area contributed by atoms with Crippen molar-refractivity contribution in [1.29, 1.82) is 0 Å². The van der Waals surface area contributed by atoms with Crippen LogP contribution in [-0.2, 0) is 18.3 Å². The predicted octanol–water partition coefficient (Wildman–Crippen LogP) is 3.57. The third-order valence-electron chi connectivity index (χ3n) is 5.64. The van der Waals surface area contributed by atoms with Gasteiger partial charge in [-0.1, -0.05) is 24.6 Å². The minimum Gasteiger partial charge on any atom is -0.329 e. The first-order chi connectivity index (χ1) is 12.9. The molecule has 5 nitrogen and oxygen atoms in total. The fourth-order valence-corrected chi connectivity index (χ4v) is 4.04. The summed E-state index contributed by atoms with van der Waals surface area (Å²) in [4.78, 5) is 17.2. The van der Waals surface area contributed by atoms with Gasteiger partial charge in [0.25, 0.3) is 5.91 Å². The van der Waals surface area contributed by atoms with Gasteiger partial charge in [-0.2, -0.15) is 5.10 Å². The number of aromatic nitrogens is 2. The van der Waals surface area contributed by atoms with Gasteiger partial charge in [0, 0.05) is 31.4 Å². The summed E-state index contributed by atoms with van der Waals surface area (Å²) in [5.41, 5.74) is 1.65. The van der Waals surface area contributed by atoms with Crippen molar-refractivity contribution in [3.05, 3.63) is 41.7 Å². The molecule has 2 heterocycles.